The van der Waals surface area contributed by atoms with Gasteiger partial charge in [0, 0.05) is 16.2 Å². The summed E-state index contributed by atoms with van der Waals surface area (Å²) >= 11 is 9.71. The second-order valence-corrected chi connectivity index (χ2v) is 5.61. The Morgan fingerprint density at radius 1 is 1.33 bits per heavy atom. The zero-order valence-electron chi connectivity index (χ0n) is 11.0. The van der Waals surface area contributed by atoms with Crippen LogP contribution in [0.25, 0.3) is 16.8 Å². The van der Waals surface area contributed by atoms with Crippen LogP contribution in [0.3, 0.4) is 0 Å². The Balaban J connectivity index is 2.23. The van der Waals surface area contributed by atoms with Gasteiger partial charge in [-0.2, -0.15) is 0 Å². The lowest BCUT2D eigenvalue weighted by Gasteiger charge is -2.08. The monoisotopic (exact) mass is 364 g/mol. The standard InChI is InChI=1S/C15H10BrClN2O2/c1-21-12-8-18-13-7-9(5-6-19(13)15(12)20)10-3-2-4-11(16)14(10)17/h2-8H,1H3. The molecule has 3 aromatic rings. The number of rotatable bonds is 2. The average molecular weight is 366 g/mol. The van der Waals surface area contributed by atoms with E-state index < -0.39 is 0 Å². The first kappa shape index (κ1) is 14.1. The van der Waals surface area contributed by atoms with Gasteiger partial charge in [-0.05, 0) is 39.7 Å². The number of benzene rings is 1. The van der Waals surface area contributed by atoms with E-state index in [1.165, 1.54) is 17.7 Å². The van der Waals surface area contributed by atoms with Crippen LogP contribution in [0.5, 0.6) is 5.75 Å². The molecule has 2 heterocycles. The van der Waals surface area contributed by atoms with Crippen LogP contribution in [-0.2, 0) is 0 Å². The van der Waals surface area contributed by atoms with Gasteiger partial charge in [-0.15, -0.1) is 0 Å². The van der Waals surface area contributed by atoms with E-state index in [1.54, 1.807) is 6.20 Å². The summed E-state index contributed by atoms with van der Waals surface area (Å²) in [5.74, 6) is 0.209. The van der Waals surface area contributed by atoms with Crippen LogP contribution < -0.4 is 10.3 Å². The minimum absolute atomic E-state index is 0.209. The van der Waals surface area contributed by atoms with Crippen molar-refractivity contribution in [2.45, 2.75) is 0 Å². The molecular weight excluding hydrogens is 356 g/mol. The number of nitrogens with zero attached hydrogens (tertiary/aromatic N) is 2. The van der Waals surface area contributed by atoms with Crippen LogP contribution >= 0.6 is 27.5 Å². The molecule has 0 atom stereocenters. The minimum atomic E-state index is -0.241. The largest absolute Gasteiger partial charge is 0.490 e. The van der Waals surface area contributed by atoms with Crippen LogP contribution in [0.2, 0.25) is 5.02 Å². The SMILES string of the molecule is COc1cnc2cc(-c3cccc(Br)c3Cl)ccn2c1=O. The van der Waals surface area contributed by atoms with Crippen molar-refractivity contribution in [2.75, 3.05) is 7.11 Å². The molecule has 3 rings (SSSR count). The summed E-state index contributed by atoms with van der Waals surface area (Å²) in [7, 11) is 1.44. The van der Waals surface area contributed by atoms with Crippen LogP contribution in [-0.4, -0.2) is 16.5 Å². The molecule has 0 radical (unpaired) electrons. The molecule has 0 fully saturated rings. The lowest BCUT2D eigenvalue weighted by atomic mass is 10.1. The Kier molecular flexibility index (Phi) is 3.69. The summed E-state index contributed by atoms with van der Waals surface area (Å²) in [6.07, 6.45) is 3.09. The maximum atomic E-state index is 12.1. The number of hydrogen-bond acceptors (Lipinski definition) is 3. The maximum absolute atomic E-state index is 12.1. The third kappa shape index (κ3) is 2.43. The molecule has 2 aromatic heterocycles. The molecular formula is C15H10BrClN2O2. The molecule has 1 aromatic carbocycles. The summed E-state index contributed by atoms with van der Waals surface area (Å²) in [5.41, 5.74) is 2.06. The number of pyridine rings is 1. The third-order valence-corrected chi connectivity index (χ3v) is 4.46. The third-order valence-electron chi connectivity index (χ3n) is 3.16. The average Bonchev–Trinajstić information content (AvgIpc) is 2.50. The fourth-order valence-electron chi connectivity index (χ4n) is 2.09. The van der Waals surface area contributed by atoms with Crippen molar-refractivity contribution in [3.63, 3.8) is 0 Å². The van der Waals surface area contributed by atoms with E-state index in [-0.39, 0.29) is 11.3 Å². The highest BCUT2D eigenvalue weighted by atomic mass is 79.9. The van der Waals surface area contributed by atoms with E-state index in [0.717, 1.165) is 15.6 Å². The van der Waals surface area contributed by atoms with E-state index in [9.17, 15) is 4.79 Å². The second-order valence-electron chi connectivity index (χ2n) is 4.38. The van der Waals surface area contributed by atoms with E-state index in [1.807, 2.05) is 30.3 Å². The van der Waals surface area contributed by atoms with Crippen LogP contribution in [0.4, 0.5) is 0 Å². The van der Waals surface area contributed by atoms with Gasteiger partial charge in [0.2, 0.25) is 5.75 Å². The molecule has 6 heteroatoms. The molecule has 0 saturated heterocycles. The van der Waals surface area contributed by atoms with Gasteiger partial charge < -0.3 is 4.74 Å². The first-order valence-corrected chi connectivity index (χ1v) is 7.28. The van der Waals surface area contributed by atoms with Crippen molar-refractivity contribution in [2.24, 2.45) is 0 Å². The predicted molar refractivity (Wildman–Crippen MR) is 86.2 cm³/mol. The molecule has 106 valence electrons. The molecule has 0 amide bonds. The molecule has 0 bridgehead atoms. The Labute approximate surface area is 134 Å². The van der Waals surface area contributed by atoms with E-state index in [4.69, 9.17) is 16.3 Å². The highest BCUT2D eigenvalue weighted by Gasteiger charge is 2.09. The van der Waals surface area contributed by atoms with E-state index >= 15 is 0 Å². The number of hydrogen-bond donors (Lipinski definition) is 0. The Morgan fingerprint density at radius 3 is 2.90 bits per heavy atom. The lowest BCUT2D eigenvalue weighted by Crippen LogP contribution is -2.16. The second kappa shape index (κ2) is 5.50. The molecule has 0 N–H and O–H groups in total. The number of ether oxygens (including phenoxy) is 1. The van der Waals surface area contributed by atoms with Crippen molar-refractivity contribution in [1.29, 1.82) is 0 Å². The number of fused-ring (bicyclic) bond motifs is 1. The molecule has 0 aliphatic carbocycles. The summed E-state index contributed by atoms with van der Waals surface area (Å²) in [6.45, 7) is 0. The summed E-state index contributed by atoms with van der Waals surface area (Å²) in [6, 6.07) is 9.34. The maximum Gasteiger partial charge on any atom is 0.300 e. The van der Waals surface area contributed by atoms with Gasteiger partial charge in [-0.3, -0.25) is 9.20 Å². The quantitative estimate of drug-likeness (QED) is 0.694. The summed E-state index contributed by atoms with van der Waals surface area (Å²) in [4.78, 5) is 16.3. The van der Waals surface area contributed by atoms with Crippen molar-refractivity contribution in [3.05, 3.63) is 62.6 Å². The smallest absolute Gasteiger partial charge is 0.300 e. The summed E-state index contributed by atoms with van der Waals surface area (Å²) < 4.78 is 7.24. The van der Waals surface area contributed by atoms with Gasteiger partial charge in [0.25, 0.3) is 5.56 Å². The van der Waals surface area contributed by atoms with Gasteiger partial charge in [-0.25, -0.2) is 4.98 Å². The molecule has 0 unspecified atom stereocenters. The predicted octanol–water partition coefficient (Wildman–Crippen LogP) is 3.79. The van der Waals surface area contributed by atoms with Gasteiger partial charge in [0.1, 0.15) is 5.65 Å². The molecule has 0 saturated carbocycles. The first-order valence-electron chi connectivity index (χ1n) is 6.11. The molecule has 0 aliphatic rings. The number of aromatic nitrogens is 2. The summed E-state index contributed by atoms with van der Waals surface area (Å²) in [5, 5.41) is 0.623. The number of methoxy groups -OCH3 is 1. The Hall–Kier alpha value is -1.85. The molecule has 0 spiro atoms. The van der Waals surface area contributed by atoms with E-state index in [0.29, 0.717) is 10.7 Å². The minimum Gasteiger partial charge on any atom is -0.490 e. The normalized spacial score (nSPS) is 10.8. The van der Waals surface area contributed by atoms with Crippen LogP contribution in [0, 0.1) is 0 Å². The van der Waals surface area contributed by atoms with Crippen LogP contribution in [0.1, 0.15) is 0 Å². The fraction of sp³-hybridized carbons (Fsp3) is 0.0667. The number of halogens is 2. The van der Waals surface area contributed by atoms with Gasteiger partial charge in [0.05, 0.1) is 18.3 Å². The van der Waals surface area contributed by atoms with Crippen LogP contribution in [0.15, 0.2) is 52.0 Å². The van der Waals surface area contributed by atoms with Gasteiger partial charge in [-0.1, -0.05) is 23.7 Å². The Morgan fingerprint density at radius 2 is 2.14 bits per heavy atom. The zero-order chi connectivity index (χ0) is 15.0. The van der Waals surface area contributed by atoms with Crippen molar-refractivity contribution < 1.29 is 4.74 Å². The topological polar surface area (TPSA) is 43.6 Å². The van der Waals surface area contributed by atoms with Crippen molar-refractivity contribution >= 4 is 33.2 Å². The Bertz CT molecular complexity index is 892. The molecule has 0 aliphatic heterocycles. The van der Waals surface area contributed by atoms with Crippen molar-refractivity contribution in [1.82, 2.24) is 9.38 Å². The lowest BCUT2D eigenvalue weighted by molar-refractivity contribution is 0.405. The highest BCUT2D eigenvalue weighted by molar-refractivity contribution is 9.10. The molecule has 21 heavy (non-hydrogen) atoms. The van der Waals surface area contributed by atoms with Gasteiger partial charge in [0.15, 0.2) is 0 Å². The first-order chi connectivity index (χ1) is 10.1. The van der Waals surface area contributed by atoms with Crippen molar-refractivity contribution in [3.8, 4) is 16.9 Å². The van der Waals surface area contributed by atoms with E-state index in [2.05, 4.69) is 20.9 Å². The fourth-order valence-corrected chi connectivity index (χ4v) is 2.69. The molecule has 4 nitrogen and oxygen atoms in total. The van der Waals surface area contributed by atoms with Gasteiger partial charge >= 0.3 is 0 Å². The zero-order valence-corrected chi connectivity index (χ0v) is 13.4. The highest BCUT2D eigenvalue weighted by Crippen LogP contribution is 2.33.